The molecule has 148 valence electrons. The molecule has 1 fully saturated rings. The summed E-state index contributed by atoms with van der Waals surface area (Å²) in [6.45, 7) is 2.80. The first-order valence-corrected chi connectivity index (χ1v) is 8.11. The van der Waals surface area contributed by atoms with Crippen molar-refractivity contribution in [2.24, 2.45) is 0 Å². The van der Waals surface area contributed by atoms with Crippen LogP contribution in [0.5, 0.6) is 0 Å². The van der Waals surface area contributed by atoms with Gasteiger partial charge >= 0.3 is 6.18 Å². The molecule has 2 N–H and O–H groups in total. The van der Waals surface area contributed by atoms with Gasteiger partial charge in [0.25, 0.3) is 5.92 Å². The van der Waals surface area contributed by atoms with E-state index in [9.17, 15) is 31.9 Å². The number of aliphatic hydroxyl groups is 1. The average Bonchev–Trinajstić information content (AvgIpc) is 2.77. The molecule has 1 aliphatic carbocycles. The molecule has 0 bridgehead atoms. The Bertz CT molecular complexity index is 877. The lowest BCUT2D eigenvalue weighted by Crippen LogP contribution is -2.38. The first-order valence-electron chi connectivity index (χ1n) is 8.11. The van der Waals surface area contributed by atoms with Gasteiger partial charge in [0.05, 0.1) is 18.1 Å². The minimum atomic E-state index is -4.71. The van der Waals surface area contributed by atoms with Crippen LogP contribution in [0, 0.1) is 0 Å². The van der Waals surface area contributed by atoms with Crippen molar-refractivity contribution in [3.8, 4) is 0 Å². The highest BCUT2D eigenvalue weighted by atomic mass is 19.4. The summed E-state index contributed by atoms with van der Waals surface area (Å²) in [6.07, 6.45) is -6.20. The van der Waals surface area contributed by atoms with Crippen molar-refractivity contribution in [1.82, 2.24) is 14.5 Å². The van der Waals surface area contributed by atoms with Gasteiger partial charge in [0.1, 0.15) is 11.2 Å². The van der Waals surface area contributed by atoms with E-state index in [-0.39, 0.29) is 23.5 Å². The number of hydrogen-bond acceptors (Lipinski definition) is 4. The van der Waals surface area contributed by atoms with Gasteiger partial charge in [-0.3, -0.25) is 14.7 Å². The van der Waals surface area contributed by atoms with E-state index in [1.54, 1.807) is 0 Å². The molecular formula is C16H17F5N4O2. The third-order valence-corrected chi connectivity index (χ3v) is 4.11. The van der Waals surface area contributed by atoms with Crippen LogP contribution < -0.4 is 5.32 Å². The summed E-state index contributed by atoms with van der Waals surface area (Å²) in [4.78, 5) is 19.6. The van der Waals surface area contributed by atoms with E-state index in [4.69, 9.17) is 0 Å². The number of nitrogens with one attached hydrogen (secondary N) is 1. The van der Waals surface area contributed by atoms with E-state index >= 15 is 0 Å². The zero-order chi connectivity index (χ0) is 20.2. The summed E-state index contributed by atoms with van der Waals surface area (Å²) in [5.41, 5.74) is -2.70. The van der Waals surface area contributed by atoms with Crippen molar-refractivity contribution >= 4 is 23.0 Å². The fraction of sp³-hybridized carbons (Fsp3) is 0.562. The van der Waals surface area contributed by atoms with Crippen molar-refractivity contribution < 1.29 is 31.9 Å². The van der Waals surface area contributed by atoms with E-state index in [1.165, 1.54) is 13.8 Å². The number of pyridine rings is 1. The van der Waals surface area contributed by atoms with Gasteiger partial charge in [-0.15, -0.1) is 0 Å². The molecule has 2 heterocycles. The molecule has 0 aliphatic heterocycles. The summed E-state index contributed by atoms with van der Waals surface area (Å²) >= 11 is 0. The van der Waals surface area contributed by atoms with E-state index in [0.29, 0.717) is 0 Å². The molecule has 0 radical (unpaired) electrons. The van der Waals surface area contributed by atoms with Gasteiger partial charge in [0, 0.05) is 12.8 Å². The predicted molar refractivity (Wildman–Crippen MR) is 85.3 cm³/mol. The number of fused-ring (bicyclic) bond motifs is 1. The number of nitrogens with zero attached hydrogens (tertiary/aromatic N) is 3. The van der Waals surface area contributed by atoms with Gasteiger partial charge in [-0.2, -0.15) is 13.2 Å². The molecule has 1 saturated carbocycles. The Morgan fingerprint density at radius 1 is 1.30 bits per heavy atom. The van der Waals surface area contributed by atoms with Crippen LogP contribution in [-0.2, 0) is 11.0 Å². The first-order chi connectivity index (χ1) is 12.3. The van der Waals surface area contributed by atoms with Gasteiger partial charge < -0.3 is 5.11 Å². The minimum Gasteiger partial charge on any atom is -0.390 e. The molecule has 0 saturated heterocycles. The smallest absolute Gasteiger partial charge is 0.390 e. The van der Waals surface area contributed by atoms with E-state index in [1.807, 2.05) is 0 Å². The monoisotopic (exact) mass is 392 g/mol. The number of carbonyl (C=O) groups excluding carboxylic acids is 1. The molecule has 27 heavy (non-hydrogen) atoms. The van der Waals surface area contributed by atoms with Crippen LogP contribution in [0.3, 0.4) is 0 Å². The van der Waals surface area contributed by atoms with Crippen LogP contribution in [0.25, 0.3) is 11.2 Å². The predicted octanol–water partition coefficient (Wildman–Crippen LogP) is 3.52. The first kappa shape index (κ1) is 19.5. The lowest BCUT2D eigenvalue weighted by atomic mass is 9.88. The number of imidazole rings is 1. The Morgan fingerprint density at radius 3 is 2.44 bits per heavy atom. The van der Waals surface area contributed by atoms with Crippen LogP contribution in [0.1, 0.15) is 44.8 Å². The van der Waals surface area contributed by atoms with Crippen LogP contribution >= 0.6 is 0 Å². The van der Waals surface area contributed by atoms with Crippen LogP contribution in [0.2, 0.25) is 0 Å². The normalized spacial score (nSPS) is 17.8. The Balaban J connectivity index is 2.03. The SMILES string of the molecule is CC(C)(O)CC(=O)Nc1nc2ccc(C(F)(F)F)nc2n1C1CC(F)(F)C1. The van der Waals surface area contributed by atoms with Crippen molar-refractivity contribution in [3.63, 3.8) is 0 Å². The number of amides is 1. The summed E-state index contributed by atoms with van der Waals surface area (Å²) in [6, 6.07) is 0.958. The maximum Gasteiger partial charge on any atom is 0.433 e. The summed E-state index contributed by atoms with van der Waals surface area (Å²) < 4.78 is 66.6. The third kappa shape index (κ3) is 4.18. The van der Waals surface area contributed by atoms with Gasteiger partial charge in [-0.1, -0.05) is 0 Å². The molecule has 2 aromatic heterocycles. The fourth-order valence-corrected chi connectivity index (χ4v) is 2.94. The number of aromatic nitrogens is 3. The maximum atomic E-state index is 13.3. The lowest BCUT2D eigenvalue weighted by molar-refractivity contribution is -0.141. The largest absolute Gasteiger partial charge is 0.433 e. The Kier molecular flexibility index (Phi) is 4.41. The number of halogens is 5. The quantitative estimate of drug-likeness (QED) is 0.781. The molecule has 0 atom stereocenters. The van der Waals surface area contributed by atoms with Gasteiger partial charge in [0.2, 0.25) is 11.9 Å². The van der Waals surface area contributed by atoms with E-state index in [0.717, 1.165) is 16.7 Å². The Hall–Kier alpha value is -2.30. The fourth-order valence-electron chi connectivity index (χ4n) is 2.94. The van der Waals surface area contributed by atoms with Crippen molar-refractivity contribution in [2.45, 2.75) is 56.9 Å². The zero-order valence-corrected chi connectivity index (χ0v) is 14.4. The highest BCUT2D eigenvalue weighted by Crippen LogP contribution is 2.47. The Morgan fingerprint density at radius 2 is 1.93 bits per heavy atom. The Labute approximate surface area is 150 Å². The second-order valence-electron chi connectivity index (χ2n) is 7.30. The molecule has 0 aromatic carbocycles. The summed E-state index contributed by atoms with van der Waals surface area (Å²) in [5, 5.41) is 12.1. The van der Waals surface area contributed by atoms with Crippen molar-refractivity contribution in [1.29, 1.82) is 0 Å². The number of anilines is 1. The molecular weight excluding hydrogens is 375 g/mol. The highest BCUT2D eigenvalue weighted by molar-refractivity contribution is 5.91. The molecule has 0 spiro atoms. The summed E-state index contributed by atoms with van der Waals surface area (Å²) in [5.74, 6) is -3.76. The van der Waals surface area contributed by atoms with Gasteiger partial charge in [0.15, 0.2) is 5.65 Å². The van der Waals surface area contributed by atoms with Gasteiger partial charge in [-0.25, -0.2) is 18.7 Å². The lowest BCUT2D eigenvalue weighted by Gasteiger charge is -2.36. The molecule has 2 aromatic rings. The van der Waals surface area contributed by atoms with E-state index < -0.39 is 48.2 Å². The topological polar surface area (TPSA) is 80.0 Å². The maximum absolute atomic E-state index is 13.3. The standard InChI is InChI=1S/C16H17F5N4O2/c1-14(2,27)7-11(26)24-13-22-9-3-4-10(16(19,20)21)23-12(9)25(13)8-5-15(17,18)6-8/h3-4,8,27H,5-7H2,1-2H3,(H,22,24,26). The highest BCUT2D eigenvalue weighted by Gasteiger charge is 2.48. The molecule has 0 unspecified atom stereocenters. The third-order valence-electron chi connectivity index (χ3n) is 4.11. The summed E-state index contributed by atoms with van der Waals surface area (Å²) in [7, 11) is 0. The zero-order valence-electron chi connectivity index (χ0n) is 14.4. The molecule has 11 heteroatoms. The number of carbonyl (C=O) groups is 1. The number of hydrogen-bond donors (Lipinski definition) is 2. The van der Waals surface area contributed by atoms with Crippen LogP contribution in [0.4, 0.5) is 27.9 Å². The number of alkyl halides is 5. The van der Waals surface area contributed by atoms with Crippen LogP contribution in [0.15, 0.2) is 12.1 Å². The van der Waals surface area contributed by atoms with E-state index in [2.05, 4.69) is 15.3 Å². The van der Waals surface area contributed by atoms with Crippen molar-refractivity contribution in [2.75, 3.05) is 5.32 Å². The second-order valence-corrected chi connectivity index (χ2v) is 7.30. The average molecular weight is 392 g/mol. The van der Waals surface area contributed by atoms with Crippen molar-refractivity contribution in [3.05, 3.63) is 17.8 Å². The molecule has 1 aliphatic rings. The van der Waals surface area contributed by atoms with Crippen LogP contribution in [-0.4, -0.2) is 37.1 Å². The molecule has 6 nitrogen and oxygen atoms in total. The second kappa shape index (κ2) is 6.11. The minimum absolute atomic E-state index is 0.0387. The molecule has 1 amide bonds. The van der Waals surface area contributed by atoms with Gasteiger partial charge in [-0.05, 0) is 26.0 Å². The number of rotatable bonds is 4. The molecule has 3 rings (SSSR count).